The van der Waals surface area contributed by atoms with E-state index >= 15 is 0 Å². The zero-order chi connectivity index (χ0) is 10.8. The number of nitrogens with zero attached hydrogens (tertiary/aromatic N) is 1. The largest absolute Gasteiger partial charge is 0.468 e. The van der Waals surface area contributed by atoms with Gasteiger partial charge in [0.15, 0.2) is 0 Å². The lowest BCUT2D eigenvalue weighted by Gasteiger charge is -1.98. The van der Waals surface area contributed by atoms with Gasteiger partial charge in [-0.05, 0) is 13.5 Å². The highest BCUT2D eigenvalue weighted by molar-refractivity contribution is 5.11. The number of hydrogen-bond donors (Lipinski definition) is 1. The summed E-state index contributed by atoms with van der Waals surface area (Å²) in [6.45, 7) is 1.99. The number of hydrogen-bond acceptors (Lipinski definition) is 3. The molecule has 1 aromatic rings. The molecular formula is C8H11F3N2O. The molecule has 0 atom stereocenters. The maximum atomic E-state index is 12.2. The highest BCUT2D eigenvalue weighted by atomic mass is 19.4. The van der Waals surface area contributed by atoms with E-state index in [0.29, 0.717) is 12.1 Å². The molecule has 1 heterocycles. The van der Waals surface area contributed by atoms with Crippen LogP contribution in [0.25, 0.3) is 0 Å². The Morgan fingerprint density at radius 3 is 2.50 bits per heavy atom. The van der Waals surface area contributed by atoms with Crippen LogP contribution in [0.4, 0.5) is 13.2 Å². The van der Waals surface area contributed by atoms with Crippen molar-refractivity contribution in [1.29, 1.82) is 0 Å². The molecule has 1 aromatic heterocycles. The smallest absolute Gasteiger partial charge is 0.436 e. The molecule has 0 spiro atoms. The van der Waals surface area contributed by atoms with Gasteiger partial charge in [-0.25, -0.2) is 4.98 Å². The van der Waals surface area contributed by atoms with Crippen molar-refractivity contribution < 1.29 is 17.6 Å². The van der Waals surface area contributed by atoms with Gasteiger partial charge < -0.3 is 9.73 Å². The normalized spacial score (nSPS) is 12.1. The van der Waals surface area contributed by atoms with Crippen molar-refractivity contribution in [1.82, 2.24) is 10.3 Å². The Balaban J connectivity index is 3.00. The molecule has 3 nitrogen and oxygen atoms in total. The van der Waals surface area contributed by atoms with E-state index < -0.39 is 12.1 Å². The number of rotatable bonds is 3. The van der Waals surface area contributed by atoms with E-state index in [4.69, 9.17) is 0 Å². The van der Waals surface area contributed by atoms with Gasteiger partial charge in [0.1, 0.15) is 5.76 Å². The molecule has 0 saturated heterocycles. The van der Waals surface area contributed by atoms with Gasteiger partial charge >= 0.3 is 12.1 Å². The lowest BCUT2D eigenvalue weighted by atomic mass is 10.3. The average Bonchev–Trinajstić information content (AvgIpc) is 2.47. The second kappa shape index (κ2) is 4.00. The van der Waals surface area contributed by atoms with E-state index in [1.54, 1.807) is 14.0 Å². The Hall–Kier alpha value is -1.04. The quantitative estimate of drug-likeness (QED) is 0.825. The Bertz CT molecular complexity index is 306. The fraction of sp³-hybridized carbons (Fsp3) is 0.625. The summed E-state index contributed by atoms with van der Waals surface area (Å²) in [5, 5.41) is 2.72. The first-order valence-corrected chi connectivity index (χ1v) is 4.19. The number of oxazole rings is 1. The lowest BCUT2D eigenvalue weighted by molar-refractivity contribution is -0.157. The zero-order valence-electron chi connectivity index (χ0n) is 7.90. The summed E-state index contributed by atoms with van der Waals surface area (Å²) >= 11 is 0. The zero-order valence-corrected chi connectivity index (χ0v) is 7.90. The van der Waals surface area contributed by atoms with Gasteiger partial charge in [0, 0.05) is 0 Å². The molecule has 1 rings (SSSR count). The van der Waals surface area contributed by atoms with Crippen molar-refractivity contribution in [3.63, 3.8) is 0 Å². The van der Waals surface area contributed by atoms with Crippen molar-refractivity contribution >= 4 is 0 Å². The number of aromatic nitrogens is 1. The first kappa shape index (κ1) is 11.0. The predicted molar refractivity (Wildman–Crippen MR) is 43.6 cm³/mol. The van der Waals surface area contributed by atoms with E-state index in [0.717, 1.165) is 0 Å². The van der Waals surface area contributed by atoms with Crippen molar-refractivity contribution in [3.05, 3.63) is 17.3 Å². The van der Waals surface area contributed by atoms with Gasteiger partial charge in [0.25, 0.3) is 0 Å². The minimum atomic E-state index is -4.50. The van der Waals surface area contributed by atoms with Crippen LogP contribution in [0.2, 0.25) is 0 Å². The Morgan fingerprint density at radius 1 is 1.43 bits per heavy atom. The van der Waals surface area contributed by atoms with Crippen LogP contribution in [0.5, 0.6) is 0 Å². The molecule has 0 aliphatic carbocycles. The lowest BCUT2D eigenvalue weighted by Crippen LogP contribution is -2.06. The van der Waals surface area contributed by atoms with E-state index in [9.17, 15) is 13.2 Å². The number of alkyl halides is 3. The van der Waals surface area contributed by atoms with Gasteiger partial charge in [-0.15, -0.1) is 0 Å². The van der Waals surface area contributed by atoms with Crippen LogP contribution in [0.1, 0.15) is 24.3 Å². The van der Waals surface area contributed by atoms with Gasteiger partial charge in [0.05, 0.1) is 12.2 Å². The summed E-state index contributed by atoms with van der Waals surface area (Å²) in [7, 11) is 1.63. The van der Waals surface area contributed by atoms with Crippen molar-refractivity contribution in [3.8, 4) is 0 Å². The van der Waals surface area contributed by atoms with Gasteiger partial charge in [-0.1, -0.05) is 6.92 Å². The first-order valence-electron chi connectivity index (χ1n) is 4.19. The van der Waals surface area contributed by atoms with Crippen LogP contribution in [0, 0.1) is 0 Å². The van der Waals surface area contributed by atoms with Crippen LogP contribution >= 0.6 is 0 Å². The summed E-state index contributed by atoms with van der Waals surface area (Å²) in [5.41, 5.74) is 0.353. The Morgan fingerprint density at radius 2 is 2.07 bits per heavy atom. The molecule has 6 heteroatoms. The molecule has 80 valence electrons. The third-order valence-electron chi connectivity index (χ3n) is 1.69. The van der Waals surface area contributed by atoms with Crippen molar-refractivity contribution in [2.24, 2.45) is 0 Å². The molecule has 0 aromatic carbocycles. The van der Waals surface area contributed by atoms with E-state index in [1.807, 2.05) is 0 Å². The molecule has 0 aliphatic heterocycles. The average molecular weight is 208 g/mol. The predicted octanol–water partition coefficient (Wildman–Crippen LogP) is 1.98. The van der Waals surface area contributed by atoms with Crippen LogP contribution in [0.15, 0.2) is 4.42 Å². The summed E-state index contributed by atoms with van der Waals surface area (Å²) < 4.78 is 41.2. The van der Waals surface area contributed by atoms with Crippen molar-refractivity contribution in [2.75, 3.05) is 7.05 Å². The van der Waals surface area contributed by atoms with Crippen molar-refractivity contribution in [2.45, 2.75) is 26.1 Å². The summed E-state index contributed by atoms with van der Waals surface area (Å²) in [5.74, 6) is -0.915. The maximum absolute atomic E-state index is 12.2. The molecule has 0 fully saturated rings. The van der Waals surface area contributed by atoms with E-state index in [1.165, 1.54) is 0 Å². The number of halogens is 3. The molecule has 14 heavy (non-hydrogen) atoms. The molecule has 1 N–H and O–H groups in total. The van der Waals surface area contributed by atoms with Gasteiger partial charge in [0.2, 0.25) is 0 Å². The topological polar surface area (TPSA) is 38.1 Å². The molecule has 0 unspecified atom stereocenters. The van der Waals surface area contributed by atoms with Crippen LogP contribution in [-0.4, -0.2) is 12.0 Å². The highest BCUT2D eigenvalue weighted by Crippen LogP contribution is 2.30. The molecule has 0 bridgehead atoms. The third-order valence-corrected chi connectivity index (χ3v) is 1.69. The monoisotopic (exact) mass is 208 g/mol. The SMILES string of the molecule is CCc1nc(C(F)(F)F)oc1CNC. The number of nitrogens with one attached hydrogen (secondary N) is 1. The first-order chi connectivity index (χ1) is 6.49. The second-order valence-corrected chi connectivity index (χ2v) is 2.77. The molecular weight excluding hydrogens is 197 g/mol. The number of aryl methyl sites for hydroxylation is 1. The standard InChI is InChI=1S/C8H11F3N2O/c1-3-5-6(4-12-2)14-7(13-5)8(9,10)11/h12H,3-4H2,1-2H3. The third kappa shape index (κ3) is 2.25. The Labute approximate surface area is 79.3 Å². The Kier molecular flexibility index (Phi) is 3.15. The fourth-order valence-electron chi connectivity index (χ4n) is 1.08. The second-order valence-electron chi connectivity index (χ2n) is 2.77. The van der Waals surface area contributed by atoms with E-state index in [2.05, 4.69) is 14.7 Å². The summed E-state index contributed by atoms with van der Waals surface area (Å²) in [6, 6.07) is 0. The highest BCUT2D eigenvalue weighted by Gasteiger charge is 2.38. The van der Waals surface area contributed by atoms with Gasteiger partial charge in [-0.3, -0.25) is 0 Å². The fourth-order valence-corrected chi connectivity index (χ4v) is 1.08. The van der Waals surface area contributed by atoms with E-state index in [-0.39, 0.29) is 12.3 Å². The van der Waals surface area contributed by atoms with Gasteiger partial charge in [-0.2, -0.15) is 13.2 Å². The molecule has 0 radical (unpaired) electrons. The minimum absolute atomic E-state index is 0.252. The summed E-state index contributed by atoms with van der Waals surface area (Å²) in [6.07, 6.45) is -4.08. The van der Waals surface area contributed by atoms with Crippen LogP contribution in [-0.2, 0) is 19.1 Å². The molecule has 0 amide bonds. The molecule has 0 aliphatic rings. The van der Waals surface area contributed by atoms with Crippen LogP contribution < -0.4 is 5.32 Å². The molecule has 0 saturated carbocycles. The maximum Gasteiger partial charge on any atom is 0.468 e. The van der Waals surface area contributed by atoms with Crippen LogP contribution in [0.3, 0.4) is 0 Å². The summed E-state index contributed by atoms with van der Waals surface area (Å²) in [4.78, 5) is 3.39. The minimum Gasteiger partial charge on any atom is -0.436 e.